The molecule has 10 aromatic carbocycles. The minimum atomic E-state index is 1.09. The quantitative estimate of drug-likeness (QED) is 0.134. The van der Waals surface area contributed by atoms with Gasteiger partial charge in [0, 0.05) is 17.1 Å². The van der Waals surface area contributed by atoms with Gasteiger partial charge >= 0.3 is 0 Å². The zero-order valence-electron chi connectivity index (χ0n) is 33.8. The van der Waals surface area contributed by atoms with Crippen LogP contribution >= 0.6 is 0 Å². The van der Waals surface area contributed by atoms with Crippen molar-refractivity contribution >= 4 is 17.1 Å². The van der Waals surface area contributed by atoms with Crippen LogP contribution in [-0.2, 0) is 0 Å². The summed E-state index contributed by atoms with van der Waals surface area (Å²) in [5, 5.41) is 0. The molecule has 1 nitrogen and oxygen atoms in total. The molecule has 0 amide bonds. The van der Waals surface area contributed by atoms with E-state index in [9.17, 15) is 0 Å². The second-order valence-corrected chi connectivity index (χ2v) is 15.3. The maximum Gasteiger partial charge on any atom is 0.0462 e. The maximum atomic E-state index is 2.35. The second-order valence-electron chi connectivity index (χ2n) is 15.3. The van der Waals surface area contributed by atoms with E-state index >= 15 is 0 Å². The van der Waals surface area contributed by atoms with Crippen molar-refractivity contribution in [1.29, 1.82) is 0 Å². The number of nitrogens with zero attached hydrogens (tertiary/aromatic N) is 1. The van der Waals surface area contributed by atoms with Crippen LogP contribution in [-0.4, -0.2) is 0 Å². The summed E-state index contributed by atoms with van der Waals surface area (Å²) < 4.78 is 0. The van der Waals surface area contributed by atoms with Crippen LogP contribution in [0.1, 0.15) is 0 Å². The molecule has 61 heavy (non-hydrogen) atoms. The van der Waals surface area contributed by atoms with Crippen molar-refractivity contribution in [2.24, 2.45) is 0 Å². The monoisotopic (exact) mass is 777 g/mol. The molecule has 0 aromatic heterocycles. The van der Waals surface area contributed by atoms with Crippen LogP contribution in [0, 0.1) is 0 Å². The molecule has 0 spiro atoms. The Morgan fingerprint density at radius 2 is 0.410 bits per heavy atom. The fourth-order valence-corrected chi connectivity index (χ4v) is 8.43. The lowest BCUT2D eigenvalue weighted by Crippen LogP contribution is -2.09. The highest BCUT2D eigenvalue weighted by Gasteiger charge is 2.16. The molecule has 10 aromatic rings. The van der Waals surface area contributed by atoms with E-state index < -0.39 is 0 Å². The topological polar surface area (TPSA) is 3.24 Å². The van der Waals surface area contributed by atoms with Gasteiger partial charge in [-0.1, -0.05) is 212 Å². The average Bonchev–Trinajstić information content (AvgIpc) is 3.36. The zero-order valence-corrected chi connectivity index (χ0v) is 33.8. The maximum absolute atomic E-state index is 2.35. The molecule has 0 unspecified atom stereocenters. The zero-order chi connectivity index (χ0) is 40.8. The van der Waals surface area contributed by atoms with E-state index in [2.05, 4.69) is 266 Å². The Balaban J connectivity index is 1.01. The molecule has 288 valence electrons. The first-order valence-corrected chi connectivity index (χ1v) is 20.9. The molecule has 0 N–H and O–H groups in total. The molecule has 10 rings (SSSR count). The summed E-state index contributed by atoms with van der Waals surface area (Å²) in [6.45, 7) is 0. The normalized spacial score (nSPS) is 11.0. The van der Waals surface area contributed by atoms with Crippen LogP contribution in [0.5, 0.6) is 0 Å². The Morgan fingerprint density at radius 1 is 0.164 bits per heavy atom. The van der Waals surface area contributed by atoms with Crippen molar-refractivity contribution in [2.75, 3.05) is 4.90 Å². The second kappa shape index (κ2) is 17.1. The Morgan fingerprint density at radius 3 is 0.770 bits per heavy atom. The average molecular weight is 778 g/mol. The summed E-state index contributed by atoms with van der Waals surface area (Å²) in [6, 6.07) is 93.9. The van der Waals surface area contributed by atoms with E-state index in [0.717, 1.165) is 17.1 Å². The van der Waals surface area contributed by atoms with Gasteiger partial charge in [0.2, 0.25) is 0 Å². The standard InChI is InChI=1S/C60H43N/c1-4-16-44(17-5-1)47-30-36-54(37-31-47)61(55-38-32-48(33-39-55)57-26-10-12-28-59(57)52-24-14-22-50(42-52)45-18-6-2-7-19-45)56-40-34-49(35-41-56)58-27-11-13-29-60(58)53-25-15-23-51(43-53)46-20-8-3-9-21-46/h1-43H. The van der Waals surface area contributed by atoms with E-state index in [1.54, 1.807) is 0 Å². The smallest absolute Gasteiger partial charge is 0.0462 e. The third-order valence-corrected chi connectivity index (χ3v) is 11.5. The molecule has 0 atom stereocenters. The molecule has 0 aliphatic heterocycles. The van der Waals surface area contributed by atoms with Crippen LogP contribution in [0.3, 0.4) is 0 Å². The summed E-state index contributed by atoms with van der Waals surface area (Å²) >= 11 is 0. The highest BCUT2D eigenvalue weighted by Crippen LogP contribution is 2.41. The molecule has 0 fully saturated rings. The number of hydrogen-bond donors (Lipinski definition) is 0. The summed E-state index contributed by atoms with van der Waals surface area (Å²) in [4.78, 5) is 2.35. The Labute approximate surface area is 359 Å². The minimum Gasteiger partial charge on any atom is -0.311 e. The van der Waals surface area contributed by atoms with Gasteiger partial charge in [0.25, 0.3) is 0 Å². The fraction of sp³-hybridized carbons (Fsp3) is 0. The summed E-state index contributed by atoms with van der Waals surface area (Å²) in [6.07, 6.45) is 0. The van der Waals surface area contributed by atoms with E-state index in [4.69, 9.17) is 0 Å². The number of benzene rings is 10. The van der Waals surface area contributed by atoms with Gasteiger partial charge in [0.1, 0.15) is 0 Å². The first kappa shape index (κ1) is 37.3. The Kier molecular flexibility index (Phi) is 10.4. The Bertz CT molecular complexity index is 2850. The van der Waals surface area contributed by atoms with Gasteiger partial charge in [0.05, 0.1) is 0 Å². The third-order valence-electron chi connectivity index (χ3n) is 11.5. The van der Waals surface area contributed by atoms with Gasteiger partial charge in [-0.05, 0) is 126 Å². The van der Waals surface area contributed by atoms with Gasteiger partial charge in [-0.2, -0.15) is 0 Å². The van der Waals surface area contributed by atoms with Crippen molar-refractivity contribution in [3.63, 3.8) is 0 Å². The summed E-state index contributed by atoms with van der Waals surface area (Å²) in [7, 11) is 0. The highest BCUT2D eigenvalue weighted by atomic mass is 15.1. The molecular weight excluding hydrogens is 735 g/mol. The summed E-state index contributed by atoms with van der Waals surface area (Å²) in [5.41, 5.74) is 20.1. The van der Waals surface area contributed by atoms with Crippen LogP contribution in [0.25, 0.3) is 77.9 Å². The molecule has 0 heterocycles. The van der Waals surface area contributed by atoms with Crippen molar-refractivity contribution in [2.45, 2.75) is 0 Å². The van der Waals surface area contributed by atoms with E-state index in [0.29, 0.717) is 0 Å². The van der Waals surface area contributed by atoms with Crippen molar-refractivity contribution < 1.29 is 0 Å². The van der Waals surface area contributed by atoms with E-state index in [1.165, 1.54) is 77.9 Å². The van der Waals surface area contributed by atoms with Crippen LogP contribution in [0.15, 0.2) is 261 Å². The lowest BCUT2D eigenvalue weighted by Gasteiger charge is -2.26. The van der Waals surface area contributed by atoms with Gasteiger partial charge in [-0.25, -0.2) is 0 Å². The molecular formula is C60H43N. The van der Waals surface area contributed by atoms with Crippen molar-refractivity contribution in [3.8, 4) is 77.9 Å². The van der Waals surface area contributed by atoms with Crippen LogP contribution < -0.4 is 4.90 Å². The van der Waals surface area contributed by atoms with Crippen molar-refractivity contribution in [1.82, 2.24) is 0 Å². The molecule has 0 saturated carbocycles. The Hall–Kier alpha value is -8.00. The summed E-state index contributed by atoms with van der Waals surface area (Å²) in [5.74, 6) is 0. The molecule has 0 aliphatic rings. The first-order valence-electron chi connectivity index (χ1n) is 20.9. The third kappa shape index (κ3) is 7.93. The van der Waals surface area contributed by atoms with Gasteiger partial charge in [0.15, 0.2) is 0 Å². The molecule has 0 bridgehead atoms. The predicted octanol–water partition coefficient (Wildman–Crippen LogP) is 16.8. The van der Waals surface area contributed by atoms with Gasteiger partial charge in [-0.15, -0.1) is 0 Å². The van der Waals surface area contributed by atoms with Crippen molar-refractivity contribution in [3.05, 3.63) is 261 Å². The lowest BCUT2D eigenvalue weighted by atomic mass is 9.92. The molecule has 0 saturated heterocycles. The number of hydrogen-bond acceptors (Lipinski definition) is 1. The van der Waals surface area contributed by atoms with E-state index in [1.807, 2.05) is 0 Å². The molecule has 0 radical (unpaired) electrons. The fourth-order valence-electron chi connectivity index (χ4n) is 8.43. The SMILES string of the molecule is c1ccc(-c2ccc(N(c3ccc(-c4ccccc4-c4cccc(-c5ccccc5)c4)cc3)c3ccc(-c4ccccc4-c4cccc(-c5ccccc5)c4)cc3)cc2)cc1. The number of anilines is 3. The lowest BCUT2D eigenvalue weighted by molar-refractivity contribution is 1.28. The van der Waals surface area contributed by atoms with Crippen LogP contribution in [0.4, 0.5) is 17.1 Å². The highest BCUT2D eigenvalue weighted by molar-refractivity contribution is 5.89. The number of rotatable bonds is 10. The van der Waals surface area contributed by atoms with Crippen LogP contribution in [0.2, 0.25) is 0 Å². The van der Waals surface area contributed by atoms with E-state index in [-0.39, 0.29) is 0 Å². The van der Waals surface area contributed by atoms with Gasteiger partial charge in [-0.3, -0.25) is 0 Å². The van der Waals surface area contributed by atoms with Gasteiger partial charge < -0.3 is 4.90 Å². The minimum absolute atomic E-state index is 1.09. The predicted molar refractivity (Wildman–Crippen MR) is 259 cm³/mol. The largest absolute Gasteiger partial charge is 0.311 e. The molecule has 1 heteroatoms. The first-order chi connectivity index (χ1) is 30.2. The molecule has 0 aliphatic carbocycles.